The number of aryl methyl sites for hydroxylation is 4. The Labute approximate surface area is 241 Å². The number of benzene rings is 2. The van der Waals surface area contributed by atoms with E-state index in [2.05, 4.69) is 25.7 Å². The van der Waals surface area contributed by atoms with Crippen LogP contribution in [-0.2, 0) is 28.9 Å². The maximum absolute atomic E-state index is 12.8. The van der Waals surface area contributed by atoms with Gasteiger partial charge in [-0.3, -0.25) is 9.59 Å². The molecule has 0 radical (unpaired) electrons. The molecule has 4 aromatic rings. The van der Waals surface area contributed by atoms with Gasteiger partial charge in [-0.05, 0) is 54.5 Å². The van der Waals surface area contributed by atoms with Gasteiger partial charge in [0.2, 0.25) is 11.0 Å². The summed E-state index contributed by atoms with van der Waals surface area (Å²) < 4.78 is 0. The van der Waals surface area contributed by atoms with E-state index in [1.807, 2.05) is 88.0 Å². The van der Waals surface area contributed by atoms with Gasteiger partial charge in [-0.1, -0.05) is 66.8 Å². The van der Waals surface area contributed by atoms with E-state index in [4.69, 9.17) is 0 Å². The fourth-order valence-corrected chi connectivity index (χ4v) is 7.00. The fourth-order valence-electron chi connectivity index (χ4n) is 4.26. The number of aromatic nitrogens is 4. The summed E-state index contributed by atoms with van der Waals surface area (Å²) in [5.41, 5.74) is 4.32. The summed E-state index contributed by atoms with van der Waals surface area (Å²) in [5, 5.41) is 23.0. The number of ketones is 1. The van der Waals surface area contributed by atoms with Crippen LogP contribution in [0.25, 0.3) is 0 Å². The van der Waals surface area contributed by atoms with Gasteiger partial charge in [0.1, 0.15) is 20.8 Å². The lowest BCUT2D eigenvalue weighted by Gasteiger charge is -2.13. The van der Waals surface area contributed by atoms with Gasteiger partial charge in [-0.15, -0.1) is 31.7 Å². The molecule has 2 aromatic heterocycles. The molecule has 0 fully saturated rings. The van der Waals surface area contributed by atoms with Crippen molar-refractivity contribution in [2.24, 2.45) is 0 Å². The highest BCUT2D eigenvalue weighted by Gasteiger charge is 2.20. The molecule has 2 heterocycles. The Hall–Kier alpha value is -2.95. The summed E-state index contributed by atoms with van der Waals surface area (Å²) in [5.74, 6) is 1.49. The Morgan fingerprint density at radius 2 is 1.31 bits per heavy atom. The van der Waals surface area contributed by atoms with Gasteiger partial charge in [0.15, 0.2) is 0 Å². The van der Waals surface area contributed by atoms with Gasteiger partial charge in [0.05, 0.1) is 12.3 Å². The average Bonchev–Trinajstić information content (AvgIpc) is 3.57. The van der Waals surface area contributed by atoms with Crippen molar-refractivity contribution < 1.29 is 9.59 Å². The van der Waals surface area contributed by atoms with Crippen LogP contribution in [0, 0.1) is 13.8 Å². The minimum absolute atomic E-state index is 0.0795. The molecule has 2 unspecified atom stereocenters. The first-order chi connectivity index (χ1) is 18.8. The van der Waals surface area contributed by atoms with Gasteiger partial charge >= 0.3 is 0 Å². The van der Waals surface area contributed by atoms with E-state index in [0.717, 1.165) is 61.6 Å². The molecule has 10 heteroatoms. The van der Waals surface area contributed by atoms with Crippen LogP contribution in [0.4, 0.5) is 5.13 Å². The minimum atomic E-state index is -0.260. The van der Waals surface area contributed by atoms with Crippen LogP contribution in [0.3, 0.4) is 0 Å². The molecule has 39 heavy (non-hydrogen) atoms. The molecule has 204 valence electrons. The van der Waals surface area contributed by atoms with Crippen molar-refractivity contribution in [1.82, 2.24) is 20.4 Å². The lowest BCUT2D eigenvalue weighted by atomic mass is 9.92. The Bertz CT molecular complexity index is 1310. The number of carbonyl (C=O) groups excluding carboxylic acids is 2. The van der Waals surface area contributed by atoms with Crippen LogP contribution in [0.15, 0.2) is 48.5 Å². The van der Waals surface area contributed by atoms with E-state index in [1.165, 1.54) is 22.7 Å². The Balaban J connectivity index is 1.16. The second-order valence-electron chi connectivity index (χ2n) is 9.49. The Morgan fingerprint density at radius 1 is 0.769 bits per heavy atom. The van der Waals surface area contributed by atoms with Gasteiger partial charge in [0, 0.05) is 18.8 Å². The predicted molar refractivity (Wildman–Crippen MR) is 161 cm³/mol. The molecule has 7 nitrogen and oxygen atoms in total. The van der Waals surface area contributed by atoms with Crippen molar-refractivity contribution in [3.63, 3.8) is 0 Å². The summed E-state index contributed by atoms with van der Waals surface area (Å²) in [6, 6.07) is 15.9. The molecule has 0 bridgehead atoms. The highest BCUT2D eigenvalue weighted by Crippen LogP contribution is 2.25. The molecule has 1 N–H and O–H groups in total. The Morgan fingerprint density at radius 3 is 1.95 bits per heavy atom. The summed E-state index contributed by atoms with van der Waals surface area (Å²) >= 11 is 4.77. The van der Waals surface area contributed by atoms with Crippen molar-refractivity contribution in [1.29, 1.82) is 0 Å². The average molecular weight is 580 g/mol. The van der Waals surface area contributed by atoms with E-state index in [1.54, 1.807) is 0 Å². The topological polar surface area (TPSA) is 97.7 Å². The monoisotopic (exact) mass is 579 g/mol. The van der Waals surface area contributed by atoms with Crippen LogP contribution in [0.5, 0.6) is 0 Å². The van der Waals surface area contributed by atoms with Gasteiger partial charge in [-0.2, -0.15) is 11.8 Å². The zero-order valence-electron chi connectivity index (χ0n) is 22.6. The molecule has 0 aliphatic rings. The largest absolute Gasteiger partial charge is 0.300 e. The second kappa shape index (κ2) is 13.9. The van der Waals surface area contributed by atoms with Crippen molar-refractivity contribution in [2.45, 2.75) is 58.8 Å². The summed E-state index contributed by atoms with van der Waals surface area (Å²) in [6.45, 7) is 7.92. The standard InChI is InChI=1S/C29H33N5O2S3/c1-18-9-5-7-11-22(18)20(3)24(35)17-27-33-31-25(38-27)13-15-37-16-14-26-32-34-29(39-26)30-28(36)21(4)23-12-8-6-10-19(23)2/h5-12,20-21H,13-17H2,1-4H3,(H,30,34,36). The number of Topliss-reactive ketones (excluding diaryl/α,β-unsaturated/α-hetero) is 1. The predicted octanol–water partition coefficient (Wildman–Crippen LogP) is 6.18. The normalized spacial score (nSPS) is 12.7. The fraction of sp³-hybridized carbons (Fsp3) is 0.379. The number of nitrogens with zero attached hydrogens (tertiary/aromatic N) is 4. The van der Waals surface area contributed by atoms with E-state index in [9.17, 15) is 9.59 Å². The molecule has 0 spiro atoms. The number of hydrogen-bond donors (Lipinski definition) is 1. The van der Waals surface area contributed by atoms with Crippen LogP contribution < -0.4 is 5.32 Å². The molecular weight excluding hydrogens is 547 g/mol. The van der Waals surface area contributed by atoms with Crippen LogP contribution in [0.1, 0.15) is 63.0 Å². The first-order valence-corrected chi connectivity index (χ1v) is 15.8. The zero-order chi connectivity index (χ0) is 27.8. The Kier molecular flexibility index (Phi) is 10.4. The maximum atomic E-state index is 12.8. The van der Waals surface area contributed by atoms with Crippen molar-refractivity contribution in [3.05, 3.63) is 85.8 Å². The quantitative estimate of drug-likeness (QED) is 0.189. The van der Waals surface area contributed by atoms with Crippen molar-refractivity contribution in [2.75, 3.05) is 16.8 Å². The maximum Gasteiger partial charge on any atom is 0.233 e. The number of hydrogen-bond acceptors (Lipinski definition) is 9. The highest BCUT2D eigenvalue weighted by molar-refractivity contribution is 7.99. The number of nitrogens with one attached hydrogen (secondary N) is 1. The highest BCUT2D eigenvalue weighted by atomic mass is 32.2. The number of carbonyl (C=O) groups is 2. The number of anilines is 1. The van der Waals surface area contributed by atoms with Crippen LogP contribution >= 0.6 is 34.4 Å². The van der Waals surface area contributed by atoms with Crippen molar-refractivity contribution >= 4 is 51.3 Å². The van der Waals surface area contributed by atoms with Gasteiger partial charge < -0.3 is 5.32 Å². The first-order valence-electron chi connectivity index (χ1n) is 13.0. The van der Waals surface area contributed by atoms with Crippen LogP contribution in [-0.4, -0.2) is 43.6 Å². The molecule has 2 aromatic carbocycles. The van der Waals surface area contributed by atoms with E-state index in [0.29, 0.717) is 11.6 Å². The first kappa shape index (κ1) is 29.0. The molecular formula is C29H33N5O2S3. The lowest BCUT2D eigenvalue weighted by molar-refractivity contribution is -0.119. The van der Waals surface area contributed by atoms with E-state index >= 15 is 0 Å². The van der Waals surface area contributed by atoms with E-state index < -0.39 is 0 Å². The van der Waals surface area contributed by atoms with Crippen molar-refractivity contribution in [3.8, 4) is 0 Å². The molecule has 0 saturated carbocycles. The summed E-state index contributed by atoms with van der Waals surface area (Å²) in [6.07, 6.45) is 1.93. The third kappa shape index (κ3) is 8.03. The number of amides is 1. The third-order valence-corrected chi connectivity index (χ3v) is 9.50. The van der Waals surface area contributed by atoms with Gasteiger partial charge in [-0.25, -0.2) is 0 Å². The lowest BCUT2D eigenvalue weighted by Crippen LogP contribution is -2.19. The summed E-state index contributed by atoms with van der Waals surface area (Å²) in [4.78, 5) is 25.5. The number of thioether (sulfide) groups is 1. The molecule has 0 saturated heterocycles. The molecule has 2 atom stereocenters. The SMILES string of the molecule is Cc1ccccc1C(C)C(=O)Cc1nnc(CCSCCc2nnc(NC(=O)C(C)c3ccccc3C)s2)s1. The smallest absolute Gasteiger partial charge is 0.233 e. The summed E-state index contributed by atoms with van der Waals surface area (Å²) in [7, 11) is 0. The number of rotatable bonds is 13. The van der Waals surface area contributed by atoms with E-state index in [-0.39, 0.29) is 23.5 Å². The molecule has 1 amide bonds. The molecule has 0 aliphatic heterocycles. The second-order valence-corrected chi connectivity index (χ2v) is 12.9. The minimum Gasteiger partial charge on any atom is -0.300 e. The zero-order valence-corrected chi connectivity index (χ0v) is 25.1. The molecule has 4 rings (SSSR count). The van der Waals surface area contributed by atoms with Crippen LogP contribution in [0.2, 0.25) is 0 Å². The van der Waals surface area contributed by atoms with Gasteiger partial charge in [0.25, 0.3) is 0 Å². The third-order valence-electron chi connectivity index (χ3n) is 6.64. The molecule has 0 aliphatic carbocycles.